The maximum atomic E-state index is 5.71. The molecule has 0 radical (unpaired) electrons. The fraction of sp³-hybridized carbons (Fsp3) is 0.857. The number of aromatic nitrogens is 2. The molecule has 7 heteroatoms. The van der Waals surface area contributed by atoms with Crippen LogP contribution in [0.15, 0.2) is 4.42 Å². The minimum absolute atomic E-state index is 0.0167. The van der Waals surface area contributed by atoms with Gasteiger partial charge in [-0.05, 0) is 27.2 Å². The third kappa shape index (κ3) is 7.40. The Balaban J connectivity index is 2.58. The molecule has 0 aromatic carbocycles. The lowest BCUT2D eigenvalue weighted by Gasteiger charge is -2.20. The van der Waals surface area contributed by atoms with Crippen molar-refractivity contribution in [3.8, 4) is 0 Å². The summed E-state index contributed by atoms with van der Waals surface area (Å²) < 4.78 is 15.9. The van der Waals surface area contributed by atoms with E-state index in [1.54, 1.807) is 14.2 Å². The van der Waals surface area contributed by atoms with Crippen LogP contribution in [0.1, 0.15) is 33.1 Å². The highest BCUT2D eigenvalue weighted by Crippen LogP contribution is 2.13. The predicted octanol–water partition coefficient (Wildman–Crippen LogP) is 1.45. The predicted molar refractivity (Wildman–Crippen MR) is 81.5 cm³/mol. The first-order valence-corrected chi connectivity index (χ1v) is 7.26. The normalized spacial score (nSPS) is 11.9. The van der Waals surface area contributed by atoms with E-state index < -0.39 is 0 Å². The van der Waals surface area contributed by atoms with Crippen LogP contribution in [0.25, 0.3) is 0 Å². The average molecular weight is 300 g/mol. The van der Waals surface area contributed by atoms with E-state index in [0.29, 0.717) is 38.2 Å². The number of nitrogens with zero attached hydrogens (tertiary/aromatic N) is 3. The van der Waals surface area contributed by atoms with Gasteiger partial charge in [-0.3, -0.25) is 0 Å². The Bertz CT molecular complexity index is 390. The number of rotatable bonds is 10. The van der Waals surface area contributed by atoms with Crippen LogP contribution in [-0.2, 0) is 16.0 Å². The molecule has 1 aromatic heterocycles. The van der Waals surface area contributed by atoms with E-state index in [1.165, 1.54) is 0 Å². The molecule has 21 heavy (non-hydrogen) atoms. The molecule has 0 unspecified atom stereocenters. The molecule has 0 spiro atoms. The summed E-state index contributed by atoms with van der Waals surface area (Å²) in [5, 5.41) is 11.5. The Kier molecular flexibility index (Phi) is 7.63. The minimum atomic E-state index is 0.0167. The second kappa shape index (κ2) is 8.96. The summed E-state index contributed by atoms with van der Waals surface area (Å²) in [6.45, 7) is 9.69. The molecule has 0 aliphatic rings. The monoisotopic (exact) mass is 300 g/mol. The summed E-state index contributed by atoms with van der Waals surface area (Å²) in [6, 6.07) is 0.536. The van der Waals surface area contributed by atoms with Gasteiger partial charge < -0.3 is 24.1 Å². The van der Waals surface area contributed by atoms with Gasteiger partial charge >= 0.3 is 6.01 Å². The van der Waals surface area contributed by atoms with E-state index in [4.69, 9.17) is 13.9 Å². The van der Waals surface area contributed by atoms with Crippen LogP contribution in [0, 0.1) is 0 Å². The largest absolute Gasteiger partial charge is 0.407 e. The zero-order chi connectivity index (χ0) is 15.7. The molecule has 0 bridgehead atoms. The van der Waals surface area contributed by atoms with Crippen LogP contribution >= 0.6 is 0 Å². The van der Waals surface area contributed by atoms with Crippen molar-refractivity contribution in [2.45, 2.75) is 39.3 Å². The molecule has 122 valence electrons. The van der Waals surface area contributed by atoms with Gasteiger partial charge in [-0.25, -0.2) is 0 Å². The maximum absolute atomic E-state index is 5.71. The number of ether oxygens (including phenoxy) is 2. The van der Waals surface area contributed by atoms with Gasteiger partial charge in [-0.1, -0.05) is 5.10 Å². The van der Waals surface area contributed by atoms with Crippen LogP contribution in [0.4, 0.5) is 6.01 Å². The third-order valence-electron chi connectivity index (χ3n) is 2.84. The standard InChI is InChI=1S/C14H28N4O3/c1-14(2,3)15-11-12-16-17-13(21-12)18(8-10-20-5)7-6-9-19-4/h15H,6-11H2,1-5H3. The van der Waals surface area contributed by atoms with Crippen molar-refractivity contribution in [3.05, 3.63) is 5.89 Å². The Morgan fingerprint density at radius 2 is 1.81 bits per heavy atom. The first kappa shape index (κ1) is 17.9. The summed E-state index contributed by atoms with van der Waals surface area (Å²) in [5.41, 5.74) is 0.0167. The second-order valence-electron chi connectivity index (χ2n) is 5.91. The molecular formula is C14H28N4O3. The summed E-state index contributed by atoms with van der Waals surface area (Å²) in [7, 11) is 3.38. The van der Waals surface area contributed by atoms with Gasteiger partial charge in [-0.2, -0.15) is 0 Å². The van der Waals surface area contributed by atoms with E-state index in [2.05, 4.69) is 36.3 Å². The molecule has 1 N–H and O–H groups in total. The molecule has 0 aliphatic heterocycles. The van der Waals surface area contributed by atoms with Gasteiger partial charge in [0.15, 0.2) is 0 Å². The molecule has 0 atom stereocenters. The minimum Gasteiger partial charge on any atom is -0.407 e. The quantitative estimate of drug-likeness (QED) is 0.656. The van der Waals surface area contributed by atoms with Crippen LogP contribution in [0.2, 0.25) is 0 Å². The van der Waals surface area contributed by atoms with Crippen molar-refractivity contribution in [3.63, 3.8) is 0 Å². The fourth-order valence-electron chi connectivity index (χ4n) is 1.69. The van der Waals surface area contributed by atoms with Gasteiger partial charge in [0.25, 0.3) is 0 Å². The third-order valence-corrected chi connectivity index (χ3v) is 2.84. The van der Waals surface area contributed by atoms with E-state index in [9.17, 15) is 0 Å². The smallest absolute Gasteiger partial charge is 0.318 e. The summed E-state index contributed by atoms with van der Waals surface area (Å²) in [6.07, 6.45) is 0.901. The number of methoxy groups -OCH3 is 2. The van der Waals surface area contributed by atoms with Crippen molar-refractivity contribution in [2.75, 3.05) is 45.4 Å². The van der Waals surface area contributed by atoms with E-state index in [-0.39, 0.29) is 5.54 Å². The second-order valence-corrected chi connectivity index (χ2v) is 5.91. The molecular weight excluding hydrogens is 272 g/mol. The van der Waals surface area contributed by atoms with Crippen LogP contribution in [0.3, 0.4) is 0 Å². The lowest BCUT2D eigenvalue weighted by atomic mass is 10.1. The Hall–Kier alpha value is -1.18. The van der Waals surface area contributed by atoms with Crippen molar-refractivity contribution in [1.82, 2.24) is 15.5 Å². The molecule has 0 saturated heterocycles. The van der Waals surface area contributed by atoms with E-state index in [1.807, 2.05) is 4.90 Å². The molecule has 0 amide bonds. The van der Waals surface area contributed by atoms with Crippen LogP contribution in [-0.4, -0.2) is 56.3 Å². The Morgan fingerprint density at radius 1 is 1.10 bits per heavy atom. The zero-order valence-electron chi connectivity index (χ0n) is 13.8. The summed E-state index contributed by atoms with van der Waals surface area (Å²) in [5.74, 6) is 0.592. The highest BCUT2D eigenvalue weighted by molar-refractivity contribution is 5.23. The molecule has 7 nitrogen and oxygen atoms in total. The van der Waals surface area contributed by atoms with E-state index in [0.717, 1.165) is 13.0 Å². The maximum Gasteiger partial charge on any atom is 0.318 e. The molecule has 0 fully saturated rings. The number of nitrogens with one attached hydrogen (secondary N) is 1. The van der Waals surface area contributed by atoms with Gasteiger partial charge in [0.05, 0.1) is 13.2 Å². The van der Waals surface area contributed by atoms with Crippen molar-refractivity contribution < 1.29 is 13.9 Å². The van der Waals surface area contributed by atoms with Gasteiger partial charge in [0, 0.05) is 39.5 Å². The topological polar surface area (TPSA) is 72.7 Å². The number of hydrogen-bond acceptors (Lipinski definition) is 7. The van der Waals surface area contributed by atoms with Gasteiger partial charge in [0.1, 0.15) is 0 Å². The molecule has 1 heterocycles. The van der Waals surface area contributed by atoms with Crippen molar-refractivity contribution in [2.24, 2.45) is 0 Å². The molecule has 0 aliphatic carbocycles. The van der Waals surface area contributed by atoms with Crippen molar-refractivity contribution in [1.29, 1.82) is 0 Å². The lowest BCUT2D eigenvalue weighted by Crippen LogP contribution is -2.35. The van der Waals surface area contributed by atoms with Gasteiger partial charge in [-0.15, -0.1) is 5.10 Å². The number of hydrogen-bond donors (Lipinski definition) is 1. The van der Waals surface area contributed by atoms with Crippen LogP contribution in [0.5, 0.6) is 0 Å². The molecule has 0 saturated carbocycles. The zero-order valence-corrected chi connectivity index (χ0v) is 13.8. The molecule has 1 rings (SSSR count). The Morgan fingerprint density at radius 3 is 2.43 bits per heavy atom. The van der Waals surface area contributed by atoms with Gasteiger partial charge in [0.2, 0.25) is 5.89 Å². The number of anilines is 1. The average Bonchev–Trinajstić information content (AvgIpc) is 2.88. The van der Waals surface area contributed by atoms with Crippen molar-refractivity contribution >= 4 is 6.01 Å². The first-order valence-electron chi connectivity index (χ1n) is 7.26. The first-order chi connectivity index (χ1) is 9.96. The Labute approximate surface area is 127 Å². The highest BCUT2D eigenvalue weighted by Gasteiger charge is 2.16. The summed E-state index contributed by atoms with van der Waals surface area (Å²) in [4.78, 5) is 2.02. The SMILES string of the molecule is COCCCN(CCOC)c1nnc(CNC(C)(C)C)o1. The van der Waals surface area contributed by atoms with Crippen LogP contribution < -0.4 is 10.2 Å². The van der Waals surface area contributed by atoms with E-state index >= 15 is 0 Å². The lowest BCUT2D eigenvalue weighted by molar-refractivity contribution is 0.189. The fourth-order valence-corrected chi connectivity index (χ4v) is 1.69. The molecule has 1 aromatic rings. The highest BCUT2D eigenvalue weighted by atomic mass is 16.5. The summed E-state index contributed by atoms with van der Waals surface area (Å²) >= 11 is 0.